The Labute approximate surface area is 261 Å². The second kappa shape index (κ2) is 23.2. The molecule has 0 aliphatic heterocycles. The molecule has 10 heteroatoms. The molecule has 0 heterocycles. The normalized spacial score (nSPS) is 12.3. The Kier molecular flexibility index (Phi) is 19.0. The standard InChI is InChI=1S/C33H48ClNO8/c34-13-7-1-2-8-15-37-17-19-39-21-23-41-25-26-42-24-22-40-20-18-38-16-14-35-33(36)43-27-32-30-11-5-3-9-28(30)29-10-4-6-12-31(29)32/h3-6,9-12,32H,1-2,7-8,13-27H2,(H,35,36). The van der Waals surface area contributed by atoms with E-state index in [1.54, 1.807) is 0 Å². The van der Waals surface area contributed by atoms with Gasteiger partial charge in [0.05, 0.1) is 72.7 Å². The van der Waals surface area contributed by atoms with Gasteiger partial charge in [-0.05, 0) is 35.1 Å². The number of halogens is 1. The van der Waals surface area contributed by atoms with Crippen molar-refractivity contribution in [3.63, 3.8) is 0 Å². The zero-order valence-electron chi connectivity index (χ0n) is 25.3. The largest absolute Gasteiger partial charge is 0.449 e. The fraction of sp³-hybridized carbons (Fsp3) is 0.606. The molecule has 3 rings (SSSR count). The van der Waals surface area contributed by atoms with Crippen molar-refractivity contribution in [2.24, 2.45) is 0 Å². The van der Waals surface area contributed by atoms with Crippen LogP contribution in [0, 0.1) is 0 Å². The first kappa shape index (κ1) is 35.2. The highest BCUT2D eigenvalue weighted by Crippen LogP contribution is 2.44. The van der Waals surface area contributed by atoms with Crippen molar-refractivity contribution in [1.82, 2.24) is 5.32 Å². The number of hydrogen-bond acceptors (Lipinski definition) is 8. The molecule has 1 amide bonds. The molecule has 0 aromatic heterocycles. The van der Waals surface area contributed by atoms with Gasteiger partial charge in [0.1, 0.15) is 6.61 Å². The monoisotopic (exact) mass is 621 g/mol. The van der Waals surface area contributed by atoms with Gasteiger partial charge < -0.3 is 38.5 Å². The fourth-order valence-corrected chi connectivity index (χ4v) is 4.92. The average Bonchev–Trinajstić information content (AvgIpc) is 3.35. The van der Waals surface area contributed by atoms with Gasteiger partial charge in [-0.25, -0.2) is 4.79 Å². The molecule has 0 saturated heterocycles. The molecule has 1 aliphatic carbocycles. The van der Waals surface area contributed by atoms with Crippen molar-refractivity contribution >= 4 is 17.7 Å². The molecule has 1 aliphatic rings. The second-order valence-electron chi connectivity index (χ2n) is 10.0. The van der Waals surface area contributed by atoms with Crippen LogP contribution in [-0.2, 0) is 33.2 Å². The smallest absolute Gasteiger partial charge is 0.407 e. The summed E-state index contributed by atoms with van der Waals surface area (Å²) in [5.74, 6) is 0.787. The van der Waals surface area contributed by atoms with Gasteiger partial charge >= 0.3 is 6.09 Å². The van der Waals surface area contributed by atoms with Crippen LogP contribution >= 0.6 is 11.6 Å². The number of nitrogens with one attached hydrogen (secondary N) is 1. The molecule has 2 aromatic rings. The molecule has 0 bridgehead atoms. The van der Waals surface area contributed by atoms with Crippen molar-refractivity contribution in [3.05, 3.63) is 59.7 Å². The molecule has 1 N–H and O–H groups in total. The maximum atomic E-state index is 12.2. The molecule has 0 fully saturated rings. The lowest BCUT2D eigenvalue weighted by Crippen LogP contribution is -2.29. The van der Waals surface area contributed by atoms with E-state index in [-0.39, 0.29) is 5.92 Å². The average molecular weight is 622 g/mol. The van der Waals surface area contributed by atoms with E-state index in [4.69, 9.17) is 44.8 Å². The summed E-state index contributed by atoms with van der Waals surface area (Å²) in [5.41, 5.74) is 4.80. The van der Waals surface area contributed by atoms with Crippen molar-refractivity contribution in [2.45, 2.75) is 31.6 Å². The Morgan fingerprint density at radius 1 is 0.581 bits per heavy atom. The summed E-state index contributed by atoms with van der Waals surface area (Å²) in [6.07, 6.45) is 4.04. The Bertz CT molecular complexity index is 965. The molecule has 43 heavy (non-hydrogen) atoms. The second-order valence-corrected chi connectivity index (χ2v) is 10.4. The van der Waals surface area contributed by atoms with E-state index in [2.05, 4.69) is 29.6 Å². The summed E-state index contributed by atoms with van der Waals surface area (Å²) in [5, 5.41) is 2.74. The third-order valence-electron chi connectivity index (χ3n) is 6.89. The van der Waals surface area contributed by atoms with Gasteiger partial charge in [0.25, 0.3) is 0 Å². The molecular formula is C33H48ClNO8. The number of hydrogen-bond donors (Lipinski definition) is 1. The third-order valence-corrected chi connectivity index (χ3v) is 7.16. The van der Waals surface area contributed by atoms with Crippen molar-refractivity contribution in [3.8, 4) is 11.1 Å². The highest BCUT2D eigenvalue weighted by atomic mass is 35.5. The van der Waals surface area contributed by atoms with Crippen LogP contribution in [0.5, 0.6) is 0 Å². The maximum absolute atomic E-state index is 12.2. The number of carbonyl (C=O) groups is 1. The number of alkyl halides is 1. The Balaban J connectivity index is 1.03. The van der Waals surface area contributed by atoms with Crippen LogP contribution in [0.4, 0.5) is 4.79 Å². The summed E-state index contributed by atoms with van der Waals surface area (Å²) in [7, 11) is 0. The molecule has 9 nitrogen and oxygen atoms in total. The van der Waals surface area contributed by atoms with Crippen LogP contribution in [0.1, 0.15) is 42.7 Å². The molecule has 0 saturated carbocycles. The van der Waals surface area contributed by atoms with Gasteiger partial charge in [0, 0.05) is 24.9 Å². The van der Waals surface area contributed by atoms with Gasteiger partial charge in [-0.3, -0.25) is 0 Å². The first-order chi connectivity index (χ1) is 21.3. The Morgan fingerprint density at radius 2 is 1.02 bits per heavy atom. The molecule has 240 valence electrons. The summed E-state index contributed by atoms with van der Waals surface area (Å²) in [4.78, 5) is 12.2. The van der Waals surface area contributed by atoms with E-state index in [9.17, 15) is 4.79 Å². The summed E-state index contributed by atoms with van der Waals surface area (Å²) < 4.78 is 38.5. The minimum atomic E-state index is -0.444. The number of ether oxygens (including phenoxy) is 7. The van der Waals surface area contributed by atoms with Gasteiger partial charge in [0.15, 0.2) is 0 Å². The van der Waals surface area contributed by atoms with E-state index < -0.39 is 6.09 Å². The maximum Gasteiger partial charge on any atom is 0.407 e. The van der Waals surface area contributed by atoms with E-state index in [1.807, 2.05) is 24.3 Å². The van der Waals surface area contributed by atoms with Crippen LogP contribution in [0.15, 0.2) is 48.5 Å². The number of unbranched alkanes of at least 4 members (excludes halogenated alkanes) is 3. The summed E-state index contributed by atoms with van der Waals surface area (Å²) in [6, 6.07) is 16.5. The molecular weight excluding hydrogens is 574 g/mol. The van der Waals surface area contributed by atoms with Crippen LogP contribution < -0.4 is 5.32 Å². The van der Waals surface area contributed by atoms with Gasteiger partial charge in [-0.2, -0.15) is 0 Å². The van der Waals surface area contributed by atoms with Crippen LogP contribution in [0.3, 0.4) is 0 Å². The predicted molar refractivity (Wildman–Crippen MR) is 167 cm³/mol. The number of benzene rings is 2. The number of rotatable bonds is 26. The lowest BCUT2D eigenvalue weighted by molar-refractivity contribution is -0.0167. The number of amides is 1. The van der Waals surface area contributed by atoms with E-state index in [0.717, 1.165) is 31.7 Å². The highest BCUT2D eigenvalue weighted by Gasteiger charge is 2.28. The highest BCUT2D eigenvalue weighted by molar-refractivity contribution is 6.17. The Hall–Kier alpha value is -2.24. The number of fused-ring (bicyclic) bond motifs is 3. The lowest BCUT2D eigenvalue weighted by atomic mass is 9.98. The zero-order chi connectivity index (χ0) is 30.2. The minimum absolute atomic E-state index is 0.0465. The lowest BCUT2D eigenvalue weighted by Gasteiger charge is -2.14. The third kappa shape index (κ3) is 14.4. The van der Waals surface area contributed by atoms with Crippen LogP contribution in [0.2, 0.25) is 0 Å². The SMILES string of the molecule is O=C(NCCOCCOCCOCCOCCOCCOCCCCCCCl)OCC1c2ccccc2-c2ccccc21. The van der Waals surface area contributed by atoms with E-state index in [1.165, 1.54) is 28.7 Å². The molecule has 2 aromatic carbocycles. The van der Waals surface area contributed by atoms with Crippen molar-refractivity contribution in [2.75, 3.05) is 98.3 Å². The fourth-order valence-electron chi connectivity index (χ4n) is 4.73. The first-order valence-electron chi connectivity index (χ1n) is 15.4. The Morgan fingerprint density at radius 3 is 1.53 bits per heavy atom. The number of alkyl carbamates (subject to hydrolysis) is 1. The number of carbonyl (C=O) groups excluding carboxylic acids is 1. The summed E-state index contributed by atoms with van der Waals surface area (Å²) >= 11 is 5.65. The zero-order valence-corrected chi connectivity index (χ0v) is 26.0. The molecule has 0 unspecified atom stereocenters. The van der Waals surface area contributed by atoms with Crippen LogP contribution in [0.25, 0.3) is 11.1 Å². The van der Waals surface area contributed by atoms with E-state index >= 15 is 0 Å². The van der Waals surface area contributed by atoms with Crippen molar-refractivity contribution in [1.29, 1.82) is 0 Å². The minimum Gasteiger partial charge on any atom is -0.449 e. The summed E-state index contributed by atoms with van der Waals surface area (Å²) in [6.45, 7) is 6.99. The first-order valence-corrected chi connectivity index (χ1v) is 16.0. The quantitative estimate of drug-likeness (QED) is 0.110. The van der Waals surface area contributed by atoms with Crippen LogP contribution in [-0.4, -0.2) is 104 Å². The molecule has 0 atom stereocenters. The van der Waals surface area contributed by atoms with Crippen molar-refractivity contribution < 1.29 is 38.0 Å². The van der Waals surface area contributed by atoms with Gasteiger partial charge in [-0.15, -0.1) is 11.6 Å². The predicted octanol–water partition coefficient (Wildman–Crippen LogP) is 5.42. The van der Waals surface area contributed by atoms with E-state index in [0.29, 0.717) is 85.8 Å². The van der Waals surface area contributed by atoms with Gasteiger partial charge in [0.2, 0.25) is 0 Å². The molecule has 0 radical (unpaired) electrons. The molecule has 0 spiro atoms. The van der Waals surface area contributed by atoms with Gasteiger partial charge in [-0.1, -0.05) is 61.4 Å². The topological polar surface area (TPSA) is 93.7 Å².